The van der Waals surface area contributed by atoms with Crippen molar-refractivity contribution < 1.29 is 145 Å². The molecule has 3 saturated heterocycles. The average molecular weight is 1590 g/mol. The molecule has 0 aromatic heterocycles. The van der Waals surface area contributed by atoms with E-state index in [1.807, 2.05) is 13.8 Å². The lowest BCUT2D eigenvalue weighted by Crippen LogP contribution is -2.55. The Bertz CT molecular complexity index is 2530. The molecule has 0 radical (unpaired) electrons. The van der Waals surface area contributed by atoms with Crippen LogP contribution in [0.15, 0.2) is 0 Å². The molecule has 0 aliphatic carbocycles. The number of unbranched alkanes of at least 4 members (excludes halogenated alkanes) is 9. The van der Waals surface area contributed by atoms with Gasteiger partial charge in [-0.2, -0.15) is 0 Å². The molecule has 8 unspecified atom stereocenters. The summed E-state index contributed by atoms with van der Waals surface area (Å²) >= 11 is 0. The zero-order chi connectivity index (χ0) is 77.9. The fraction of sp³-hybridized carbons (Fsp3) is 0.917. The van der Waals surface area contributed by atoms with Crippen LogP contribution in [-0.4, -0.2) is 311 Å². The van der Waals surface area contributed by atoms with Crippen LogP contribution in [-0.2, 0) is 89.2 Å². The number of nitrogens with zero attached hydrogens (tertiary/aromatic N) is 3. The molecular formula is C72H137N3O30P2. The van der Waals surface area contributed by atoms with E-state index in [1.54, 1.807) is 25.7 Å². The monoisotopic (exact) mass is 1590 g/mol. The lowest BCUT2D eigenvalue weighted by molar-refractivity contribution is -0.282. The van der Waals surface area contributed by atoms with Crippen LogP contribution in [0.2, 0.25) is 0 Å². The van der Waals surface area contributed by atoms with E-state index in [-0.39, 0.29) is 180 Å². The van der Waals surface area contributed by atoms with Crippen molar-refractivity contribution in [3.8, 4) is 0 Å². The first-order chi connectivity index (χ1) is 50.0. The number of carbonyl (C=O) groups excluding carboxylic acids is 6. The minimum absolute atomic E-state index is 0. The van der Waals surface area contributed by atoms with Crippen molar-refractivity contribution in [2.75, 3.05) is 125 Å². The van der Waals surface area contributed by atoms with Crippen molar-refractivity contribution in [3.63, 3.8) is 0 Å². The van der Waals surface area contributed by atoms with Gasteiger partial charge in [0.15, 0.2) is 18.9 Å². The number of aliphatic hydroxyl groups is 10. The highest BCUT2D eigenvalue weighted by molar-refractivity contribution is 7.53. The van der Waals surface area contributed by atoms with Crippen molar-refractivity contribution in [2.45, 2.75) is 283 Å². The minimum atomic E-state index is -4.77. The molecule has 33 nitrogen and oxygen atoms in total. The van der Waals surface area contributed by atoms with E-state index in [0.29, 0.717) is 109 Å². The summed E-state index contributed by atoms with van der Waals surface area (Å²) in [5.74, 6) is -2.41. The Morgan fingerprint density at radius 2 is 0.636 bits per heavy atom. The smallest absolute Gasteiger partial charge is 0.395 e. The molecule has 107 heavy (non-hydrogen) atoms. The van der Waals surface area contributed by atoms with Crippen LogP contribution in [0.1, 0.15) is 204 Å². The summed E-state index contributed by atoms with van der Waals surface area (Å²) in [6.45, 7) is 7.21. The number of aliphatic hydroxyl groups excluding tert-OH is 10. The summed E-state index contributed by atoms with van der Waals surface area (Å²) in [5, 5.41) is 99.1. The Kier molecular flexibility index (Phi) is 54.4. The van der Waals surface area contributed by atoms with Gasteiger partial charge in [-0.1, -0.05) is 74.1 Å². The van der Waals surface area contributed by atoms with Gasteiger partial charge in [-0.3, -0.25) is 42.4 Å². The lowest BCUT2D eigenvalue weighted by atomic mass is 9.92. The van der Waals surface area contributed by atoms with Gasteiger partial charge >= 0.3 is 15.4 Å². The molecule has 11 N–H and O–H groups in total. The van der Waals surface area contributed by atoms with Gasteiger partial charge in [0, 0.05) is 121 Å². The van der Waals surface area contributed by atoms with Gasteiger partial charge in [-0.15, -0.1) is 0 Å². The molecule has 0 aromatic carbocycles. The predicted molar refractivity (Wildman–Crippen MR) is 393 cm³/mol. The average Bonchev–Trinajstić information content (AvgIpc) is 0.832. The van der Waals surface area contributed by atoms with Crippen molar-refractivity contribution >= 4 is 50.5 Å². The van der Waals surface area contributed by atoms with Gasteiger partial charge in [0.2, 0.25) is 17.7 Å². The first kappa shape index (κ1) is 102. The highest BCUT2D eigenvalue weighted by atomic mass is 31.2. The molecule has 3 aliphatic rings. The molecule has 0 saturated carbocycles. The molecule has 35 heteroatoms. The fourth-order valence-corrected chi connectivity index (χ4v) is 13.8. The number of phosphoric ester groups is 1. The first-order valence-electron chi connectivity index (χ1n) is 37.8. The van der Waals surface area contributed by atoms with Crippen LogP contribution in [0.4, 0.5) is 0 Å². The molecule has 0 bridgehead atoms. The van der Waals surface area contributed by atoms with Gasteiger partial charge in [0.05, 0.1) is 104 Å². The quantitative estimate of drug-likeness (QED) is 0.0295. The lowest BCUT2D eigenvalue weighted by Gasteiger charge is -2.40. The largest absolute Gasteiger partial charge is 0.472 e. The molecule has 3 fully saturated rings. The van der Waals surface area contributed by atoms with Crippen LogP contribution >= 0.6 is 15.4 Å². The Hall–Kier alpha value is -3.00. The summed E-state index contributed by atoms with van der Waals surface area (Å²) in [6.07, 6.45) is -2.14. The van der Waals surface area contributed by atoms with Gasteiger partial charge < -0.3 is 113 Å². The number of hydrogen-bond donors (Lipinski definition) is 11. The highest BCUT2D eigenvalue weighted by Gasteiger charge is 2.45. The number of phosphoric acid groups is 1. The van der Waals surface area contributed by atoms with Crippen LogP contribution in [0.5, 0.6) is 0 Å². The van der Waals surface area contributed by atoms with E-state index in [1.165, 1.54) is 16.5 Å². The van der Waals surface area contributed by atoms with Crippen molar-refractivity contribution in [1.82, 2.24) is 14.7 Å². The second-order valence-electron chi connectivity index (χ2n) is 27.8. The molecule has 3 amide bonds. The normalized spacial score (nSPS) is 25.6. The van der Waals surface area contributed by atoms with Crippen LogP contribution in [0.3, 0.4) is 0 Å². The molecule has 3 aliphatic heterocycles. The summed E-state index contributed by atoms with van der Waals surface area (Å²) in [6, 6.07) is 0. The standard InChI is InChI=1S/C70H129N3O30P2.2CH4/c1-49(2)93-41-32-72(60(82)29-17-11-8-14-23-54(79)26-20-39-95-69-51(4)63(85)66(88)57(47-76)102-69)33-42-97-104(6,90)98-43-34-73(61(83)30-18-12-9-15-24-55(80)27-21-40-96-70-52(5)64(86)67(89)58(48-77)103-70)36-45-100-105(91,92)99-44-35-71(31-37-74)59(81)28-16-10-7-13-22-53(78)25-19-38-94-68-50(3)62(84)65(87)56(46-75)101-68;;/h49-52,56-58,62-70,74-77,84-89H,7-48H2,1-6H3,(H,91,92);2*1H4/t50?,51?,52?,56?,57?,58?,62-,63-,64-,65+,66+,67+,68-,69-,70-,104?;;/m1../s1. The maximum Gasteiger partial charge on any atom is 0.472 e. The number of ketones is 3. The maximum atomic E-state index is 13.8. The Balaban J connectivity index is 0.0000286. The summed E-state index contributed by atoms with van der Waals surface area (Å²) in [4.78, 5) is 93.1. The van der Waals surface area contributed by atoms with Gasteiger partial charge in [-0.05, 0) is 71.6 Å². The molecule has 3 heterocycles. The van der Waals surface area contributed by atoms with E-state index in [4.69, 9.17) is 51.3 Å². The zero-order valence-corrected chi connectivity index (χ0v) is 64.6. The SMILES string of the molecule is C.C.CC(C)OCCN(CCOP(C)(=O)OCCN(CCOP(=O)(O)OCCN(CCO)C(=O)CCCCCCC(=O)CCCO[C@@H]1OC(CO)[C@H](O)[C@H](O)C1C)C(=O)CCCCCCC(=O)CCCO[C@@H]1OC(CO)[C@H](O)[C@H](O)C1C)C(=O)CCCCCCC(=O)CCCO[C@@H]1OC(CO)[C@H](O)[C@H](O)C1C. The number of ether oxygens (including phenoxy) is 7. The zero-order valence-electron chi connectivity index (χ0n) is 62.8. The van der Waals surface area contributed by atoms with Gasteiger partial charge in [0.25, 0.3) is 0 Å². The van der Waals surface area contributed by atoms with Crippen LogP contribution < -0.4 is 0 Å². The number of carbonyl (C=O) groups is 6. The number of hydrogen-bond acceptors (Lipinski definition) is 29. The molecule has 3 rings (SSSR count). The maximum absolute atomic E-state index is 13.8. The summed E-state index contributed by atoms with van der Waals surface area (Å²) in [7, 11) is -8.58. The Morgan fingerprint density at radius 3 is 0.916 bits per heavy atom. The van der Waals surface area contributed by atoms with Crippen LogP contribution in [0, 0.1) is 17.8 Å². The fourth-order valence-electron chi connectivity index (χ4n) is 12.2. The predicted octanol–water partition coefficient (Wildman–Crippen LogP) is 4.50. The topological polar surface area (TPSA) is 470 Å². The van der Waals surface area contributed by atoms with Gasteiger partial charge in [0.1, 0.15) is 54.0 Å². The second kappa shape index (κ2) is 57.1. The summed E-state index contributed by atoms with van der Waals surface area (Å²) < 4.78 is 88.2. The van der Waals surface area contributed by atoms with E-state index in [0.717, 1.165) is 6.42 Å². The Morgan fingerprint density at radius 1 is 0.374 bits per heavy atom. The van der Waals surface area contributed by atoms with Crippen molar-refractivity contribution in [2.24, 2.45) is 17.8 Å². The minimum Gasteiger partial charge on any atom is -0.395 e. The van der Waals surface area contributed by atoms with E-state index in [9.17, 15) is 93.9 Å². The van der Waals surface area contributed by atoms with E-state index >= 15 is 0 Å². The van der Waals surface area contributed by atoms with Crippen molar-refractivity contribution in [1.29, 1.82) is 0 Å². The van der Waals surface area contributed by atoms with Crippen molar-refractivity contribution in [3.05, 3.63) is 0 Å². The Labute approximate surface area is 634 Å². The van der Waals surface area contributed by atoms with Gasteiger partial charge in [-0.25, -0.2) is 4.57 Å². The number of Topliss-reactive ketones (excluding diaryl/α,β-unsaturated/α-hetero) is 3. The highest BCUT2D eigenvalue weighted by Crippen LogP contribution is 2.44. The molecule has 0 spiro atoms. The van der Waals surface area contributed by atoms with E-state index < -0.39 is 140 Å². The molecular weight excluding hydrogens is 1450 g/mol. The third-order valence-electron chi connectivity index (χ3n) is 18.8. The van der Waals surface area contributed by atoms with E-state index in [2.05, 4.69) is 0 Å². The second-order valence-corrected chi connectivity index (χ2v) is 31.3. The third-order valence-corrected chi connectivity index (χ3v) is 21.2. The molecule has 630 valence electrons. The third kappa shape index (κ3) is 41.0. The number of amides is 3. The molecule has 17 atom stereocenters. The van der Waals surface area contributed by atoms with Crippen LogP contribution in [0.25, 0.3) is 0 Å². The first-order valence-corrected chi connectivity index (χ1v) is 41.3. The number of rotatable bonds is 61. The summed E-state index contributed by atoms with van der Waals surface area (Å²) in [5.41, 5.74) is 0. The molecule has 0 aromatic rings.